The van der Waals surface area contributed by atoms with Crippen LogP contribution in [0.2, 0.25) is 0 Å². The summed E-state index contributed by atoms with van der Waals surface area (Å²) in [4.78, 5) is 18.2. The largest absolute Gasteiger partial charge is 0.385 e. The zero-order valence-electron chi connectivity index (χ0n) is 15.6. The van der Waals surface area contributed by atoms with Gasteiger partial charge < -0.3 is 19.4 Å². The van der Waals surface area contributed by atoms with E-state index in [-0.39, 0.29) is 17.4 Å². The van der Waals surface area contributed by atoms with Gasteiger partial charge in [0.05, 0.1) is 19.3 Å². The Hall–Kier alpha value is -1.85. The first-order valence-corrected chi connectivity index (χ1v) is 8.91. The van der Waals surface area contributed by atoms with Crippen LogP contribution in [0.15, 0.2) is 24.3 Å². The number of rotatable bonds is 4. The van der Waals surface area contributed by atoms with Gasteiger partial charge in [0.2, 0.25) is 0 Å². The average Bonchev–Trinajstić information content (AvgIpc) is 3.02. The van der Waals surface area contributed by atoms with Crippen LogP contribution in [0.25, 0.3) is 10.9 Å². The first-order valence-electron chi connectivity index (χ1n) is 8.91. The Kier molecular flexibility index (Phi) is 5.16. The number of hydrogen-bond donors (Lipinski definition) is 1. The molecule has 1 unspecified atom stereocenters. The lowest BCUT2D eigenvalue weighted by Gasteiger charge is -2.35. The number of aromatic amines is 1. The summed E-state index contributed by atoms with van der Waals surface area (Å²) < 4.78 is 10.7. The Balaban J connectivity index is 1.85. The van der Waals surface area contributed by atoms with Crippen molar-refractivity contribution in [1.82, 2.24) is 9.88 Å². The molecule has 1 aromatic heterocycles. The number of nitrogens with one attached hydrogen (secondary N) is 1. The second kappa shape index (κ2) is 7.18. The quantitative estimate of drug-likeness (QED) is 0.925. The van der Waals surface area contributed by atoms with Crippen molar-refractivity contribution in [2.24, 2.45) is 0 Å². The van der Waals surface area contributed by atoms with Gasteiger partial charge in [-0.15, -0.1) is 0 Å². The Morgan fingerprint density at radius 1 is 1.36 bits per heavy atom. The van der Waals surface area contributed by atoms with Crippen LogP contribution in [-0.4, -0.2) is 55.3 Å². The maximum atomic E-state index is 13.0. The molecule has 5 nitrogen and oxygen atoms in total. The number of carbonyl (C=O) groups is 1. The van der Waals surface area contributed by atoms with E-state index in [1.54, 1.807) is 7.11 Å². The molecule has 0 saturated carbocycles. The maximum Gasteiger partial charge on any atom is 0.270 e. The zero-order valence-corrected chi connectivity index (χ0v) is 15.6. The molecular weight excluding hydrogens is 316 g/mol. The Morgan fingerprint density at radius 2 is 2.16 bits per heavy atom. The number of morpholine rings is 1. The van der Waals surface area contributed by atoms with Crippen molar-refractivity contribution in [3.05, 3.63) is 35.5 Å². The molecule has 1 aliphatic rings. The van der Waals surface area contributed by atoms with Crippen LogP contribution in [-0.2, 0) is 14.9 Å². The number of nitrogens with zero attached hydrogens (tertiary/aromatic N) is 1. The number of aromatic nitrogens is 1. The van der Waals surface area contributed by atoms with E-state index in [2.05, 4.69) is 44.0 Å². The summed E-state index contributed by atoms with van der Waals surface area (Å²) in [5.74, 6) is 0.0397. The van der Waals surface area contributed by atoms with E-state index in [0.29, 0.717) is 32.1 Å². The lowest BCUT2D eigenvalue weighted by atomic mass is 9.86. The minimum Gasteiger partial charge on any atom is -0.385 e. The van der Waals surface area contributed by atoms with E-state index in [4.69, 9.17) is 9.47 Å². The number of amides is 1. The molecule has 1 fully saturated rings. The Bertz CT molecular complexity index is 745. The fourth-order valence-electron chi connectivity index (χ4n) is 3.28. The standard InChI is InChI=1S/C20H28N2O3/c1-20(2,3)15-5-6-17-14(11-15)12-18(21-17)19(23)22-8-10-25-13-16(22)7-9-24-4/h5-6,11-12,16,21H,7-10,13H2,1-4H3. The van der Waals surface area contributed by atoms with Gasteiger partial charge in [-0.2, -0.15) is 0 Å². The van der Waals surface area contributed by atoms with Gasteiger partial charge >= 0.3 is 0 Å². The molecule has 0 spiro atoms. The van der Waals surface area contributed by atoms with Crippen molar-refractivity contribution in [3.63, 3.8) is 0 Å². The predicted molar refractivity (Wildman–Crippen MR) is 99.1 cm³/mol. The van der Waals surface area contributed by atoms with Crippen molar-refractivity contribution in [2.75, 3.05) is 33.5 Å². The van der Waals surface area contributed by atoms with Crippen LogP contribution in [0.4, 0.5) is 0 Å². The number of methoxy groups -OCH3 is 1. The molecule has 0 aliphatic carbocycles. The fourth-order valence-corrected chi connectivity index (χ4v) is 3.28. The van der Waals surface area contributed by atoms with Crippen LogP contribution in [0.5, 0.6) is 0 Å². The highest BCUT2D eigenvalue weighted by atomic mass is 16.5. The summed E-state index contributed by atoms with van der Waals surface area (Å²) in [5.41, 5.74) is 3.00. The molecule has 1 aromatic carbocycles. The fraction of sp³-hybridized carbons (Fsp3) is 0.550. The molecule has 1 amide bonds. The van der Waals surface area contributed by atoms with Crippen molar-refractivity contribution < 1.29 is 14.3 Å². The molecule has 0 radical (unpaired) electrons. The Labute approximate surface area is 149 Å². The van der Waals surface area contributed by atoms with E-state index in [0.717, 1.165) is 17.3 Å². The summed E-state index contributed by atoms with van der Waals surface area (Å²) in [6.07, 6.45) is 0.788. The normalized spacial score (nSPS) is 18.7. The van der Waals surface area contributed by atoms with Gasteiger partial charge in [-0.3, -0.25) is 4.79 Å². The molecule has 1 atom stereocenters. The van der Waals surface area contributed by atoms with Gasteiger partial charge in [0, 0.05) is 31.2 Å². The summed E-state index contributed by atoms with van der Waals surface area (Å²) in [7, 11) is 1.68. The zero-order chi connectivity index (χ0) is 18.0. The third kappa shape index (κ3) is 3.88. The van der Waals surface area contributed by atoms with Crippen molar-refractivity contribution in [3.8, 4) is 0 Å². The van der Waals surface area contributed by atoms with Crippen molar-refractivity contribution >= 4 is 16.8 Å². The number of ether oxygens (including phenoxy) is 2. The molecule has 2 heterocycles. The molecule has 0 bridgehead atoms. The SMILES string of the molecule is COCCC1COCCN1C(=O)c1cc2cc(C(C)(C)C)ccc2[nH]1. The molecule has 2 aromatic rings. The van der Waals surface area contributed by atoms with Crippen LogP contribution in [0.3, 0.4) is 0 Å². The van der Waals surface area contributed by atoms with Gasteiger partial charge in [-0.25, -0.2) is 0 Å². The van der Waals surface area contributed by atoms with E-state index in [9.17, 15) is 4.79 Å². The van der Waals surface area contributed by atoms with Crippen molar-refractivity contribution in [1.29, 1.82) is 0 Å². The van der Waals surface area contributed by atoms with Crippen LogP contribution >= 0.6 is 0 Å². The second-order valence-electron chi connectivity index (χ2n) is 7.74. The Morgan fingerprint density at radius 3 is 2.88 bits per heavy atom. The minimum absolute atomic E-state index is 0.0397. The lowest BCUT2D eigenvalue weighted by molar-refractivity contribution is -0.0106. The van der Waals surface area contributed by atoms with E-state index < -0.39 is 0 Å². The van der Waals surface area contributed by atoms with Crippen LogP contribution in [0, 0.1) is 0 Å². The highest BCUT2D eigenvalue weighted by molar-refractivity contribution is 5.98. The van der Waals surface area contributed by atoms with E-state index in [1.807, 2.05) is 11.0 Å². The van der Waals surface area contributed by atoms with E-state index >= 15 is 0 Å². The van der Waals surface area contributed by atoms with Gasteiger partial charge in [0.25, 0.3) is 5.91 Å². The molecular formula is C20H28N2O3. The lowest BCUT2D eigenvalue weighted by Crippen LogP contribution is -2.49. The number of hydrogen-bond acceptors (Lipinski definition) is 3. The molecule has 1 aliphatic heterocycles. The highest BCUT2D eigenvalue weighted by Gasteiger charge is 2.28. The first-order chi connectivity index (χ1) is 11.9. The highest BCUT2D eigenvalue weighted by Crippen LogP contribution is 2.27. The molecule has 1 N–H and O–H groups in total. The third-order valence-corrected chi connectivity index (χ3v) is 4.86. The molecule has 1 saturated heterocycles. The molecule has 25 heavy (non-hydrogen) atoms. The number of carbonyl (C=O) groups excluding carboxylic acids is 1. The minimum atomic E-state index is 0.0397. The monoisotopic (exact) mass is 344 g/mol. The van der Waals surface area contributed by atoms with Gasteiger partial charge in [0.1, 0.15) is 5.69 Å². The molecule has 3 rings (SSSR count). The second-order valence-corrected chi connectivity index (χ2v) is 7.74. The van der Waals surface area contributed by atoms with Gasteiger partial charge in [-0.05, 0) is 35.6 Å². The number of fused-ring (bicyclic) bond motifs is 1. The van der Waals surface area contributed by atoms with Crippen LogP contribution < -0.4 is 0 Å². The van der Waals surface area contributed by atoms with Crippen molar-refractivity contribution in [2.45, 2.75) is 38.6 Å². The summed E-state index contributed by atoms with van der Waals surface area (Å²) in [5, 5.41) is 1.08. The summed E-state index contributed by atoms with van der Waals surface area (Å²) >= 11 is 0. The number of H-pyrrole nitrogens is 1. The van der Waals surface area contributed by atoms with Gasteiger partial charge in [-0.1, -0.05) is 26.8 Å². The molecule has 5 heteroatoms. The maximum absolute atomic E-state index is 13.0. The predicted octanol–water partition coefficient (Wildman–Crippen LogP) is 3.34. The number of benzene rings is 1. The smallest absolute Gasteiger partial charge is 0.270 e. The molecule has 136 valence electrons. The third-order valence-electron chi connectivity index (χ3n) is 4.86. The average molecular weight is 344 g/mol. The van der Waals surface area contributed by atoms with Crippen LogP contribution in [0.1, 0.15) is 43.2 Å². The summed E-state index contributed by atoms with van der Waals surface area (Å²) in [6, 6.07) is 8.40. The van der Waals surface area contributed by atoms with Gasteiger partial charge in [0.15, 0.2) is 0 Å². The summed E-state index contributed by atoms with van der Waals surface area (Å²) in [6.45, 7) is 8.99. The topological polar surface area (TPSA) is 54.6 Å². The first kappa shape index (κ1) is 18.0. The van der Waals surface area contributed by atoms with E-state index in [1.165, 1.54) is 5.56 Å².